The molecule has 5 heteroatoms. The van der Waals surface area contributed by atoms with Crippen molar-refractivity contribution in [2.75, 3.05) is 0 Å². The molecule has 1 fully saturated rings. The number of nitriles is 1. The molecule has 0 radical (unpaired) electrons. The van der Waals surface area contributed by atoms with E-state index < -0.39 is 5.91 Å². The van der Waals surface area contributed by atoms with Gasteiger partial charge in [-0.05, 0) is 42.2 Å². The highest BCUT2D eigenvalue weighted by atomic mass is 35.5. The standard InChI is InChI=1S/C19H17ClN2O2/c1-12-7-17(12)18-6-5-16(24-18)9-14(10-21)19(23)22-11-13-3-2-4-15(20)8-13/h2-6,8-9,12,17H,7,11H2,1H3,(H,22,23)/b14-9+. The molecule has 4 nitrogen and oxygen atoms in total. The molecule has 2 aromatic rings. The molecule has 1 heterocycles. The topological polar surface area (TPSA) is 66.0 Å². The number of halogens is 1. The van der Waals surface area contributed by atoms with Gasteiger partial charge in [0.05, 0.1) is 0 Å². The molecule has 1 aromatic carbocycles. The van der Waals surface area contributed by atoms with Crippen molar-refractivity contribution in [2.24, 2.45) is 5.92 Å². The highest BCUT2D eigenvalue weighted by Crippen LogP contribution is 2.47. The summed E-state index contributed by atoms with van der Waals surface area (Å²) in [6.07, 6.45) is 2.60. The number of amides is 1. The monoisotopic (exact) mass is 340 g/mol. The first kappa shape index (κ1) is 16.4. The first-order chi connectivity index (χ1) is 11.6. The molecule has 1 aromatic heterocycles. The molecule has 0 spiro atoms. The summed E-state index contributed by atoms with van der Waals surface area (Å²) in [5.41, 5.74) is 0.887. The number of nitrogens with one attached hydrogen (secondary N) is 1. The van der Waals surface area contributed by atoms with Gasteiger partial charge in [-0.2, -0.15) is 5.26 Å². The molecule has 1 amide bonds. The molecule has 2 unspecified atom stereocenters. The number of benzene rings is 1. The fourth-order valence-electron chi connectivity index (χ4n) is 2.58. The van der Waals surface area contributed by atoms with Gasteiger partial charge in [-0.15, -0.1) is 0 Å². The zero-order chi connectivity index (χ0) is 17.1. The second-order valence-electron chi connectivity index (χ2n) is 6.04. The molecule has 1 saturated carbocycles. The molecule has 1 aliphatic rings. The van der Waals surface area contributed by atoms with Crippen molar-refractivity contribution in [2.45, 2.75) is 25.8 Å². The van der Waals surface area contributed by atoms with Crippen molar-refractivity contribution in [1.82, 2.24) is 5.32 Å². The van der Waals surface area contributed by atoms with Crippen LogP contribution in [0.15, 0.2) is 46.4 Å². The van der Waals surface area contributed by atoms with Gasteiger partial charge in [-0.25, -0.2) is 0 Å². The van der Waals surface area contributed by atoms with Crippen LogP contribution >= 0.6 is 11.6 Å². The highest BCUT2D eigenvalue weighted by Gasteiger charge is 2.36. The number of carbonyl (C=O) groups excluding carboxylic acids is 1. The van der Waals surface area contributed by atoms with Crippen LogP contribution in [-0.4, -0.2) is 5.91 Å². The Hall–Kier alpha value is -2.51. The number of rotatable bonds is 5. The lowest BCUT2D eigenvalue weighted by Crippen LogP contribution is -2.23. The maximum absolute atomic E-state index is 12.2. The van der Waals surface area contributed by atoms with Crippen molar-refractivity contribution >= 4 is 23.6 Å². The summed E-state index contributed by atoms with van der Waals surface area (Å²) in [6, 6.07) is 12.8. The minimum absolute atomic E-state index is 0.0155. The van der Waals surface area contributed by atoms with E-state index in [1.807, 2.05) is 24.3 Å². The lowest BCUT2D eigenvalue weighted by atomic mass is 10.2. The van der Waals surface area contributed by atoms with E-state index in [9.17, 15) is 10.1 Å². The van der Waals surface area contributed by atoms with E-state index in [4.69, 9.17) is 16.0 Å². The van der Waals surface area contributed by atoms with E-state index in [0.717, 1.165) is 17.7 Å². The summed E-state index contributed by atoms with van der Waals surface area (Å²) in [4.78, 5) is 12.2. The molecular formula is C19H17ClN2O2. The maximum atomic E-state index is 12.2. The first-order valence-electron chi connectivity index (χ1n) is 7.81. The predicted octanol–water partition coefficient (Wildman–Crippen LogP) is 4.28. The second kappa shape index (κ2) is 6.94. The molecule has 24 heavy (non-hydrogen) atoms. The molecule has 122 valence electrons. The third-order valence-corrected chi connectivity index (χ3v) is 4.35. The Kier molecular flexibility index (Phi) is 4.73. The van der Waals surface area contributed by atoms with Crippen LogP contribution < -0.4 is 5.32 Å². The van der Waals surface area contributed by atoms with Crippen molar-refractivity contribution in [1.29, 1.82) is 5.26 Å². The Morgan fingerprint density at radius 1 is 1.46 bits per heavy atom. The number of furan rings is 1. The number of nitrogens with zero attached hydrogens (tertiary/aromatic N) is 1. The van der Waals surface area contributed by atoms with Gasteiger partial charge >= 0.3 is 0 Å². The largest absolute Gasteiger partial charge is 0.461 e. The van der Waals surface area contributed by atoms with Gasteiger partial charge in [0.1, 0.15) is 23.2 Å². The van der Waals surface area contributed by atoms with E-state index in [2.05, 4.69) is 12.2 Å². The predicted molar refractivity (Wildman–Crippen MR) is 92.1 cm³/mol. The normalized spacial score (nSPS) is 19.6. The van der Waals surface area contributed by atoms with Crippen LogP contribution in [-0.2, 0) is 11.3 Å². The van der Waals surface area contributed by atoms with E-state index in [0.29, 0.717) is 29.2 Å². The Bertz CT molecular complexity index is 832. The minimum atomic E-state index is -0.435. The lowest BCUT2D eigenvalue weighted by Gasteiger charge is -2.04. The van der Waals surface area contributed by atoms with Crippen LogP contribution in [0.4, 0.5) is 0 Å². The fraction of sp³-hybridized carbons (Fsp3) is 0.263. The third kappa shape index (κ3) is 3.87. The Balaban J connectivity index is 1.65. The number of hydrogen-bond donors (Lipinski definition) is 1. The maximum Gasteiger partial charge on any atom is 0.262 e. The smallest absolute Gasteiger partial charge is 0.262 e. The molecule has 1 N–H and O–H groups in total. The summed E-state index contributed by atoms with van der Waals surface area (Å²) < 4.78 is 5.71. The fourth-order valence-corrected chi connectivity index (χ4v) is 2.79. The van der Waals surface area contributed by atoms with Crippen molar-refractivity contribution in [3.05, 3.63) is 64.1 Å². The average Bonchev–Trinajstić information content (AvgIpc) is 3.12. The molecule has 1 aliphatic carbocycles. The Morgan fingerprint density at radius 2 is 2.25 bits per heavy atom. The van der Waals surface area contributed by atoms with Gasteiger partial charge in [0.25, 0.3) is 5.91 Å². The van der Waals surface area contributed by atoms with Gasteiger partial charge in [-0.3, -0.25) is 4.79 Å². The SMILES string of the molecule is CC1CC1c1ccc(/C=C(\C#N)C(=O)NCc2cccc(Cl)c2)o1. The van der Waals surface area contributed by atoms with Crippen LogP contribution in [0.1, 0.15) is 36.3 Å². The first-order valence-corrected chi connectivity index (χ1v) is 8.19. The van der Waals surface area contributed by atoms with Gasteiger partial charge < -0.3 is 9.73 Å². The summed E-state index contributed by atoms with van der Waals surface area (Å²) >= 11 is 5.91. The molecule has 0 bridgehead atoms. The zero-order valence-corrected chi connectivity index (χ0v) is 14.0. The van der Waals surface area contributed by atoms with Crippen LogP contribution in [0.3, 0.4) is 0 Å². The van der Waals surface area contributed by atoms with Crippen molar-refractivity contribution < 1.29 is 9.21 Å². The molecule has 0 saturated heterocycles. The van der Waals surface area contributed by atoms with E-state index in [-0.39, 0.29) is 5.57 Å². The minimum Gasteiger partial charge on any atom is -0.461 e. The van der Waals surface area contributed by atoms with E-state index in [1.165, 1.54) is 6.08 Å². The molecular weight excluding hydrogens is 324 g/mol. The summed E-state index contributed by atoms with van der Waals surface area (Å²) in [5.74, 6) is 2.12. The molecule has 3 rings (SSSR count). The van der Waals surface area contributed by atoms with Gasteiger partial charge in [0, 0.05) is 23.6 Å². The van der Waals surface area contributed by atoms with Crippen molar-refractivity contribution in [3.63, 3.8) is 0 Å². The molecule has 0 aliphatic heterocycles. The number of carbonyl (C=O) groups is 1. The Morgan fingerprint density at radius 3 is 2.92 bits per heavy atom. The van der Waals surface area contributed by atoms with Crippen molar-refractivity contribution in [3.8, 4) is 6.07 Å². The average molecular weight is 341 g/mol. The van der Waals surface area contributed by atoms with Crippen LogP contribution in [0.25, 0.3) is 6.08 Å². The van der Waals surface area contributed by atoms with Crippen LogP contribution in [0, 0.1) is 17.2 Å². The van der Waals surface area contributed by atoms with E-state index in [1.54, 1.807) is 18.2 Å². The summed E-state index contributed by atoms with van der Waals surface area (Å²) in [5, 5.41) is 12.6. The molecule has 2 atom stereocenters. The summed E-state index contributed by atoms with van der Waals surface area (Å²) in [7, 11) is 0. The zero-order valence-electron chi connectivity index (χ0n) is 13.3. The highest BCUT2D eigenvalue weighted by molar-refractivity contribution is 6.30. The van der Waals surface area contributed by atoms with Gasteiger partial charge in [0.2, 0.25) is 0 Å². The van der Waals surface area contributed by atoms with Gasteiger partial charge in [-0.1, -0.05) is 30.7 Å². The quantitative estimate of drug-likeness (QED) is 0.652. The summed E-state index contributed by atoms with van der Waals surface area (Å²) in [6.45, 7) is 2.48. The van der Waals surface area contributed by atoms with Gasteiger partial charge in [0.15, 0.2) is 0 Å². The lowest BCUT2D eigenvalue weighted by molar-refractivity contribution is -0.117. The third-order valence-electron chi connectivity index (χ3n) is 4.12. The number of hydrogen-bond acceptors (Lipinski definition) is 3. The van der Waals surface area contributed by atoms with E-state index >= 15 is 0 Å². The second-order valence-corrected chi connectivity index (χ2v) is 6.48. The Labute approximate surface area is 145 Å². The van der Waals surface area contributed by atoms with Crippen LogP contribution in [0.2, 0.25) is 5.02 Å². The van der Waals surface area contributed by atoms with Crippen LogP contribution in [0.5, 0.6) is 0 Å².